The molecule has 8 heteroatoms. The maximum absolute atomic E-state index is 12.8. The maximum Gasteiger partial charge on any atom is 0.417 e. The normalized spacial score (nSPS) is 11.4. The number of methoxy groups -OCH3 is 1. The lowest BCUT2D eigenvalue weighted by Crippen LogP contribution is -2.12. The molecule has 0 fully saturated rings. The fraction of sp³-hybridized carbons (Fsp3) is 0.111. The zero-order chi connectivity index (χ0) is 18.9. The highest BCUT2D eigenvalue weighted by Gasteiger charge is 2.31. The maximum atomic E-state index is 12.8. The Hall–Kier alpha value is -3.29. The Morgan fingerprint density at radius 1 is 1.19 bits per heavy atom. The molecule has 0 atom stereocenters. The summed E-state index contributed by atoms with van der Waals surface area (Å²) in [5.74, 6) is -0.282. The molecule has 1 heterocycles. The number of hydrogen-bond donors (Lipinski definition) is 1. The third-order valence-corrected chi connectivity index (χ3v) is 3.59. The van der Waals surface area contributed by atoms with Gasteiger partial charge < -0.3 is 15.2 Å². The minimum Gasteiger partial charge on any atom is -0.496 e. The fourth-order valence-corrected chi connectivity index (χ4v) is 2.40. The van der Waals surface area contributed by atoms with Crippen molar-refractivity contribution in [1.82, 2.24) is 4.98 Å². The molecule has 2 N–H and O–H groups in total. The highest BCUT2D eigenvalue weighted by atomic mass is 19.4. The predicted octanol–water partition coefficient (Wildman–Crippen LogP) is 3.95. The molecule has 26 heavy (non-hydrogen) atoms. The second-order valence-corrected chi connectivity index (χ2v) is 5.28. The van der Waals surface area contributed by atoms with Gasteiger partial charge in [-0.25, -0.2) is 0 Å². The van der Waals surface area contributed by atoms with Crippen LogP contribution in [0.5, 0.6) is 17.2 Å². The van der Waals surface area contributed by atoms with Crippen molar-refractivity contribution in [2.24, 2.45) is 5.73 Å². The molecule has 3 rings (SSSR count). The van der Waals surface area contributed by atoms with Crippen LogP contribution in [-0.4, -0.2) is 18.0 Å². The van der Waals surface area contributed by atoms with Gasteiger partial charge in [0.1, 0.15) is 17.2 Å². The van der Waals surface area contributed by atoms with Crippen LogP contribution in [0, 0.1) is 6.07 Å². The van der Waals surface area contributed by atoms with Crippen LogP contribution in [0.2, 0.25) is 0 Å². The first-order valence-corrected chi connectivity index (χ1v) is 7.33. The van der Waals surface area contributed by atoms with E-state index in [1.807, 2.05) is 0 Å². The van der Waals surface area contributed by atoms with Crippen molar-refractivity contribution in [3.63, 3.8) is 0 Å². The Bertz CT molecular complexity index is 987. The lowest BCUT2D eigenvalue weighted by molar-refractivity contribution is -0.137. The van der Waals surface area contributed by atoms with Crippen molar-refractivity contribution in [3.05, 3.63) is 59.8 Å². The Kier molecular flexibility index (Phi) is 4.41. The molecule has 133 valence electrons. The third kappa shape index (κ3) is 3.39. The summed E-state index contributed by atoms with van der Waals surface area (Å²) in [6.07, 6.45) is -3.10. The lowest BCUT2D eigenvalue weighted by Gasteiger charge is -2.13. The van der Waals surface area contributed by atoms with E-state index >= 15 is 0 Å². The van der Waals surface area contributed by atoms with Gasteiger partial charge in [0.15, 0.2) is 0 Å². The number of benzene rings is 2. The molecular formula is C18H12F3N2O3. The minimum atomic E-state index is -4.54. The van der Waals surface area contributed by atoms with Crippen molar-refractivity contribution >= 4 is 16.8 Å². The Morgan fingerprint density at radius 3 is 2.62 bits per heavy atom. The van der Waals surface area contributed by atoms with Gasteiger partial charge in [-0.1, -0.05) is 6.07 Å². The molecule has 0 unspecified atom stereocenters. The van der Waals surface area contributed by atoms with Crippen LogP contribution in [0.25, 0.3) is 10.9 Å². The van der Waals surface area contributed by atoms with Gasteiger partial charge in [-0.05, 0) is 30.3 Å². The van der Waals surface area contributed by atoms with E-state index in [1.54, 1.807) is 0 Å². The predicted molar refractivity (Wildman–Crippen MR) is 87.2 cm³/mol. The van der Waals surface area contributed by atoms with Gasteiger partial charge >= 0.3 is 6.18 Å². The topological polar surface area (TPSA) is 74.4 Å². The Morgan fingerprint density at radius 2 is 1.96 bits per heavy atom. The zero-order valence-electron chi connectivity index (χ0n) is 13.4. The number of aromatic nitrogens is 1. The molecule has 1 amide bonds. The van der Waals surface area contributed by atoms with E-state index in [0.29, 0.717) is 10.9 Å². The average molecular weight is 361 g/mol. The van der Waals surface area contributed by atoms with Crippen molar-refractivity contribution < 1.29 is 27.4 Å². The van der Waals surface area contributed by atoms with Gasteiger partial charge in [-0.3, -0.25) is 9.78 Å². The van der Waals surface area contributed by atoms with Gasteiger partial charge in [-0.15, -0.1) is 0 Å². The Balaban J connectivity index is 2.08. The van der Waals surface area contributed by atoms with Crippen LogP contribution in [0.1, 0.15) is 15.9 Å². The van der Waals surface area contributed by atoms with Crippen LogP contribution in [0.15, 0.2) is 42.6 Å². The molecule has 3 aromatic rings. The lowest BCUT2D eigenvalue weighted by atomic mass is 10.1. The minimum absolute atomic E-state index is 0.0278. The van der Waals surface area contributed by atoms with Crippen molar-refractivity contribution in [1.29, 1.82) is 0 Å². The highest BCUT2D eigenvalue weighted by Crippen LogP contribution is 2.35. The molecule has 1 radical (unpaired) electrons. The summed E-state index contributed by atoms with van der Waals surface area (Å²) >= 11 is 0. The van der Waals surface area contributed by atoms with Crippen LogP contribution < -0.4 is 15.2 Å². The first-order valence-electron chi connectivity index (χ1n) is 7.33. The Labute approximate surface area is 146 Å². The van der Waals surface area contributed by atoms with Gasteiger partial charge in [0, 0.05) is 17.6 Å². The van der Waals surface area contributed by atoms with Crippen LogP contribution in [-0.2, 0) is 6.18 Å². The summed E-state index contributed by atoms with van der Waals surface area (Å²) < 4.78 is 49.2. The monoisotopic (exact) mass is 361 g/mol. The summed E-state index contributed by atoms with van der Waals surface area (Å²) in [5.41, 5.74) is 4.93. The molecule has 1 aromatic heterocycles. The van der Waals surface area contributed by atoms with Gasteiger partial charge in [-0.2, -0.15) is 13.2 Å². The number of ether oxygens (including phenoxy) is 2. The second kappa shape index (κ2) is 6.55. The second-order valence-electron chi connectivity index (χ2n) is 5.28. The molecule has 0 aliphatic carbocycles. The van der Waals surface area contributed by atoms with Crippen LogP contribution in [0.3, 0.4) is 0 Å². The molecule has 0 bridgehead atoms. The van der Waals surface area contributed by atoms with Gasteiger partial charge in [0.2, 0.25) is 0 Å². The zero-order valence-corrected chi connectivity index (χ0v) is 13.4. The van der Waals surface area contributed by atoms with Crippen LogP contribution >= 0.6 is 0 Å². The summed E-state index contributed by atoms with van der Waals surface area (Å²) in [4.78, 5) is 15.8. The van der Waals surface area contributed by atoms with E-state index in [0.717, 1.165) is 12.1 Å². The SMILES string of the molecule is COc1cc2nccc(Oc3cc[c]c(C(F)(F)F)c3)c2cc1C(N)=O. The summed E-state index contributed by atoms with van der Waals surface area (Å²) in [7, 11) is 1.38. The van der Waals surface area contributed by atoms with Gasteiger partial charge in [0.05, 0.1) is 23.8 Å². The number of fused-ring (bicyclic) bond motifs is 1. The number of carbonyl (C=O) groups excluding carboxylic acids is 1. The summed E-state index contributed by atoms with van der Waals surface area (Å²) in [6, 6.07) is 9.83. The van der Waals surface area contributed by atoms with E-state index in [2.05, 4.69) is 11.1 Å². The van der Waals surface area contributed by atoms with Crippen molar-refractivity contribution in [2.75, 3.05) is 7.11 Å². The molecule has 0 aliphatic rings. The first-order chi connectivity index (χ1) is 12.3. The first kappa shape index (κ1) is 17.5. The van der Waals surface area contributed by atoms with Gasteiger partial charge in [0.25, 0.3) is 5.91 Å². The van der Waals surface area contributed by atoms with E-state index < -0.39 is 17.6 Å². The fourth-order valence-electron chi connectivity index (χ4n) is 2.40. The smallest absolute Gasteiger partial charge is 0.417 e. The summed E-state index contributed by atoms with van der Waals surface area (Å²) in [5, 5.41) is 0.406. The molecule has 2 aromatic carbocycles. The number of pyridine rings is 1. The molecule has 0 saturated heterocycles. The number of carbonyl (C=O) groups is 1. The molecular weight excluding hydrogens is 349 g/mol. The molecule has 0 aliphatic heterocycles. The molecule has 5 nitrogen and oxygen atoms in total. The summed E-state index contributed by atoms with van der Waals surface area (Å²) in [6.45, 7) is 0. The number of hydrogen-bond acceptors (Lipinski definition) is 4. The van der Waals surface area contributed by atoms with Crippen molar-refractivity contribution in [3.8, 4) is 17.2 Å². The quantitative estimate of drug-likeness (QED) is 0.763. The number of amides is 1. The number of primary amides is 1. The van der Waals surface area contributed by atoms with Crippen molar-refractivity contribution in [2.45, 2.75) is 6.18 Å². The number of halogens is 3. The average Bonchev–Trinajstić information content (AvgIpc) is 2.60. The van der Waals surface area contributed by atoms with Crippen LogP contribution in [0.4, 0.5) is 13.2 Å². The number of alkyl halides is 3. The van der Waals surface area contributed by atoms with E-state index in [4.69, 9.17) is 15.2 Å². The number of nitrogens with zero attached hydrogens (tertiary/aromatic N) is 1. The highest BCUT2D eigenvalue weighted by molar-refractivity contribution is 6.01. The third-order valence-electron chi connectivity index (χ3n) is 3.59. The van der Waals surface area contributed by atoms with E-state index in [9.17, 15) is 18.0 Å². The largest absolute Gasteiger partial charge is 0.496 e. The molecule has 0 spiro atoms. The van der Waals surface area contributed by atoms with E-state index in [1.165, 1.54) is 37.6 Å². The molecule has 0 saturated carbocycles. The number of rotatable bonds is 4. The number of nitrogens with two attached hydrogens (primary N) is 1. The standard InChI is InChI=1S/C18H12F3N2O3/c1-25-16-9-14-12(8-13(16)17(22)24)15(5-6-23-14)26-11-4-2-3-10(7-11)18(19,20)21/h2,4-9H,1H3,(H2,22,24). The van der Waals surface area contributed by atoms with E-state index in [-0.39, 0.29) is 22.8 Å².